The van der Waals surface area contributed by atoms with E-state index >= 15 is 0 Å². The van der Waals surface area contributed by atoms with Gasteiger partial charge in [-0.2, -0.15) is 0 Å². The number of amides is 2. The number of hydrogen-bond donors (Lipinski definition) is 3. The first-order chi connectivity index (χ1) is 9.02. The first kappa shape index (κ1) is 15.1. The van der Waals surface area contributed by atoms with E-state index in [1.807, 2.05) is 13.8 Å². The molecule has 0 spiro atoms. The van der Waals surface area contributed by atoms with Gasteiger partial charge in [0.2, 0.25) is 11.8 Å². The van der Waals surface area contributed by atoms with E-state index in [0.29, 0.717) is 25.3 Å². The Morgan fingerprint density at radius 2 is 2.05 bits per heavy atom. The van der Waals surface area contributed by atoms with Gasteiger partial charge in [-0.3, -0.25) is 9.59 Å². The van der Waals surface area contributed by atoms with Gasteiger partial charge in [0.25, 0.3) is 0 Å². The van der Waals surface area contributed by atoms with Crippen molar-refractivity contribution >= 4 is 11.8 Å². The van der Waals surface area contributed by atoms with E-state index in [1.54, 1.807) is 6.20 Å². The molecule has 0 aliphatic carbocycles. The van der Waals surface area contributed by atoms with E-state index in [0.717, 1.165) is 0 Å². The monoisotopic (exact) mass is 268 g/mol. The van der Waals surface area contributed by atoms with Crippen molar-refractivity contribution in [3.63, 3.8) is 0 Å². The fourth-order valence-electron chi connectivity index (χ4n) is 1.30. The number of aromatic nitrogens is 3. The zero-order valence-corrected chi connectivity index (χ0v) is 11.2. The lowest BCUT2D eigenvalue weighted by Crippen LogP contribution is -2.37. The summed E-state index contributed by atoms with van der Waals surface area (Å²) in [5.74, 6) is -0.272. The van der Waals surface area contributed by atoms with Crippen molar-refractivity contribution in [3.05, 3.63) is 11.9 Å². The molecule has 8 heteroatoms. The van der Waals surface area contributed by atoms with Crippen LogP contribution in [-0.4, -0.2) is 39.9 Å². The minimum Gasteiger partial charge on any atom is -0.354 e. The SMILES string of the molecule is CC(C)C(=O)NCCNC(=O)Cn1cc(CN)nn1. The zero-order chi connectivity index (χ0) is 14.3. The van der Waals surface area contributed by atoms with Gasteiger partial charge in [-0.25, -0.2) is 4.68 Å². The molecular weight excluding hydrogens is 248 g/mol. The van der Waals surface area contributed by atoms with Crippen molar-refractivity contribution in [2.24, 2.45) is 11.7 Å². The van der Waals surface area contributed by atoms with E-state index in [9.17, 15) is 9.59 Å². The van der Waals surface area contributed by atoms with Crippen molar-refractivity contribution < 1.29 is 9.59 Å². The average Bonchev–Trinajstić information content (AvgIpc) is 2.81. The molecule has 0 bridgehead atoms. The van der Waals surface area contributed by atoms with Gasteiger partial charge >= 0.3 is 0 Å². The van der Waals surface area contributed by atoms with E-state index in [-0.39, 0.29) is 24.3 Å². The topological polar surface area (TPSA) is 115 Å². The van der Waals surface area contributed by atoms with Crippen LogP contribution in [0.5, 0.6) is 0 Å². The highest BCUT2D eigenvalue weighted by Crippen LogP contribution is 1.91. The van der Waals surface area contributed by atoms with Gasteiger partial charge in [0.1, 0.15) is 6.54 Å². The third-order valence-electron chi connectivity index (χ3n) is 2.37. The molecule has 1 aromatic rings. The highest BCUT2D eigenvalue weighted by molar-refractivity contribution is 5.78. The van der Waals surface area contributed by atoms with Crippen LogP contribution in [0.4, 0.5) is 0 Å². The smallest absolute Gasteiger partial charge is 0.241 e. The van der Waals surface area contributed by atoms with Crippen LogP contribution in [0.15, 0.2) is 6.20 Å². The van der Waals surface area contributed by atoms with Crippen LogP contribution in [0.2, 0.25) is 0 Å². The Hall–Kier alpha value is -1.96. The Morgan fingerprint density at radius 3 is 2.63 bits per heavy atom. The molecule has 0 saturated carbocycles. The second-order valence-corrected chi connectivity index (χ2v) is 4.41. The standard InChI is InChI=1S/C11H20N6O2/c1-8(2)11(19)14-4-3-13-10(18)7-17-6-9(5-12)15-16-17/h6,8H,3-5,7,12H2,1-2H3,(H,13,18)(H,14,19). The lowest BCUT2D eigenvalue weighted by molar-refractivity contribution is -0.125. The third kappa shape index (κ3) is 5.47. The fourth-order valence-corrected chi connectivity index (χ4v) is 1.30. The first-order valence-corrected chi connectivity index (χ1v) is 6.16. The van der Waals surface area contributed by atoms with Gasteiger partial charge in [-0.1, -0.05) is 19.1 Å². The van der Waals surface area contributed by atoms with Gasteiger partial charge in [-0.15, -0.1) is 5.10 Å². The second kappa shape index (κ2) is 7.47. The van der Waals surface area contributed by atoms with Crippen LogP contribution in [0.25, 0.3) is 0 Å². The summed E-state index contributed by atoms with van der Waals surface area (Å²) in [6.07, 6.45) is 1.63. The Bertz CT molecular complexity index is 429. The lowest BCUT2D eigenvalue weighted by atomic mass is 10.2. The van der Waals surface area contributed by atoms with Crippen LogP contribution < -0.4 is 16.4 Å². The summed E-state index contributed by atoms with van der Waals surface area (Å²) in [6, 6.07) is 0. The molecule has 0 aliphatic rings. The summed E-state index contributed by atoms with van der Waals surface area (Å²) >= 11 is 0. The Kier molecular flexibility index (Phi) is 5.94. The van der Waals surface area contributed by atoms with Gasteiger partial charge in [0.15, 0.2) is 0 Å². The highest BCUT2D eigenvalue weighted by Gasteiger charge is 2.07. The molecule has 0 radical (unpaired) electrons. The highest BCUT2D eigenvalue weighted by atomic mass is 16.2. The maximum Gasteiger partial charge on any atom is 0.241 e. The number of nitrogens with one attached hydrogen (secondary N) is 2. The number of nitrogens with two attached hydrogens (primary N) is 1. The third-order valence-corrected chi connectivity index (χ3v) is 2.37. The molecule has 0 aliphatic heterocycles. The maximum atomic E-state index is 11.5. The molecule has 0 atom stereocenters. The molecule has 1 heterocycles. The number of hydrogen-bond acceptors (Lipinski definition) is 5. The summed E-state index contributed by atoms with van der Waals surface area (Å²) in [7, 11) is 0. The molecule has 1 aromatic heterocycles. The molecular formula is C11H20N6O2. The van der Waals surface area contributed by atoms with E-state index < -0.39 is 0 Å². The fraction of sp³-hybridized carbons (Fsp3) is 0.636. The largest absolute Gasteiger partial charge is 0.354 e. The van der Waals surface area contributed by atoms with Gasteiger partial charge in [0.05, 0.1) is 11.9 Å². The summed E-state index contributed by atoms with van der Waals surface area (Å²) in [6.45, 7) is 4.80. The van der Waals surface area contributed by atoms with Crippen LogP contribution in [-0.2, 0) is 22.7 Å². The molecule has 0 aromatic carbocycles. The molecule has 0 unspecified atom stereocenters. The van der Waals surface area contributed by atoms with E-state index in [4.69, 9.17) is 5.73 Å². The quantitative estimate of drug-likeness (QED) is 0.527. The first-order valence-electron chi connectivity index (χ1n) is 6.16. The van der Waals surface area contributed by atoms with Crippen LogP contribution >= 0.6 is 0 Å². The maximum absolute atomic E-state index is 11.5. The van der Waals surface area contributed by atoms with Gasteiger partial charge in [0, 0.05) is 25.6 Å². The molecule has 1 rings (SSSR count). The normalized spacial score (nSPS) is 10.5. The molecule has 19 heavy (non-hydrogen) atoms. The second-order valence-electron chi connectivity index (χ2n) is 4.41. The molecule has 2 amide bonds. The zero-order valence-electron chi connectivity index (χ0n) is 11.2. The van der Waals surface area contributed by atoms with E-state index in [2.05, 4.69) is 20.9 Å². The van der Waals surface area contributed by atoms with Crippen molar-refractivity contribution in [2.75, 3.05) is 13.1 Å². The number of rotatable bonds is 7. The van der Waals surface area contributed by atoms with Crippen molar-refractivity contribution in [1.82, 2.24) is 25.6 Å². The number of carbonyl (C=O) groups is 2. The number of nitrogens with zero attached hydrogens (tertiary/aromatic N) is 3. The van der Waals surface area contributed by atoms with Crippen LogP contribution in [0.3, 0.4) is 0 Å². The minimum absolute atomic E-state index is 0.0295. The minimum atomic E-state index is -0.188. The van der Waals surface area contributed by atoms with Crippen LogP contribution in [0, 0.1) is 5.92 Å². The number of carbonyl (C=O) groups excluding carboxylic acids is 2. The molecule has 4 N–H and O–H groups in total. The van der Waals surface area contributed by atoms with Gasteiger partial charge in [-0.05, 0) is 0 Å². The molecule has 0 saturated heterocycles. The summed E-state index contributed by atoms with van der Waals surface area (Å²) in [5, 5.41) is 12.9. The van der Waals surface area contributed by atoms with Crippen molar-refractivity contribution in [3.8, 4) is 0 Å². The van der Waals surface area contributed by atoms with Crippen molar-refractivity contribution in [1.29, 1.82) is 0 Å². The molecule has 0 fully saturated rings. The Balaban J connectivity index is 2.19. The van der Waals surface area contributed by atoms with Gasteiger partial charge < -0.3 is 16.4 Å². The molecule has 8 nitrogen and oxygen atoms in total. The Labute approximate surface area is 111 Å². The van der Waals surface area contributed by atoms with Crippen LogP contribution in [0.1, 0.15) is 19.5 Å². The summed E-state index contributed by atoms with van der Waals surface area (Å²) < 4.78 is 1.42. The predicted molar refractivity (Wildman–Crippen MR) is 68.8 cm³/mol. The Morgan fingerprint density at radius 1 is 1.37 bits per heavy atom. The van der Waals surface area contributed by atoms with E-state index in [1.165, 1.54) is 4.68 Å². The molecule has 106 valence electrons. The lowest BCUT2D eigenvalue weighted by Gasteiger charge is -2.08. The summed E-state index contributed by atoms with van der Waals surface area (Å²) in [5.41, 5.74) is 6.02. The predicted octanol–water partition coefficient (Wildman–Crippen LogP) is -1.37. The summed E-state index contributed by atoms with van der Waals surface area (Å²) in [4.78, 5) is 22.8. The van der Waals surface area contributed by atoms with Crippen molar-refractivity contribution in [2.45, 2.75) is 26.9 Å². The average molecular weight is 268 g/mol.